The largest absolute Gasteiger partial charge is 0.330 e. The van der Waals surface area contributed by atoms with Gasteiger partial charge in [0.05, 0.1) is 5.92 Å². The van der Waals surface area contributed by atoms with Crippen molar-refractivity contribution in [3.05, 3.63) is 0 Å². The first-order valence-corrected chi connectivity index (χ1v) is 9.65. The van der Waals surface area contributed by atoms with Crippen LogP contribution in [0.25, 0.3) is 0 Å². The van der Waals surface area contributed by atoms with Crippen LogP contribution in [0.3, 0.4) is 0 Å². The van der Waals surface area contributed by atoms with Crippen LogP contribution in [-0.4, -0.2) is 55.4 Å². The monoisotopic (exact) mass is 308 g/mol. The summed E-state index contributed by atoms with van der Waals surface area (Å²) in [5.41, 5.74) is 5.68. The van der Waals surface area contributed by atoms with E-state index in [1.807, 2.05) is 13.8 Å². The highest BCUT2D eigenvalue weighted by Crippen LogP contribution is 2.24. The van der Waals surface area contributed by atoms with E-state index in [1.165, 1.54) is 11.2 Å². The fraction of sp³-hybridized carbons (Fsp3) is 0.917. The van der Waals surface area contributed by atoms with E-state index in [4.69, 9.17) is 5.73 Å². The molecule has 2 N–H and O–H groups in total. The molecular formula is C12H24N2O3S2. The number of carbonyl (C=O) groups is 1. The average molecular weight is 308 g/mol. The number of carbonyl (C=O) groups excluding carboxylic acids is 1. The van der Waals surface area contributed by atoms with Crippen LogP contribution < -0.4 is 5.73 Å². The van der Waals surface area contributed by atoms with Gasteiger partial charge >= 0.3 is 0 Å². The average Bonchev–Trinajstić information content (AvgIpc) is 2.34. The van der Waals surface area contributed by atoms with Gasteiger partial charge in [0.1, 0.15) is 5.37 Å². The molecule has 2 atom stereocenters. The van der Waals surface area contributed by atoms with Crippen LogP contribution >= 0.6 is 11.8 Å². The van der Waals surface area contributed by atoms with E-state index in [2.05, 4.69) is 0 Å². The lowest BCUT2D eigenvalue weighted by molar-refractivity contribution is -0.136. The molecule has 0 aromatic heterocycles. The van der Waals surface area contributed by atoms with Gasteiger partial charge in [-0.2, -0.15) is 11.8 Å². The van der Waals surface area contributed by atoms with E-state index in [0.717, 1.165) is 5.75 Å². The predicted molar refractivity (Wildman–Crippen MR) is 79.7 cm³/mol. The Hall–Kier alpha value is -0.270. The van der Waals surface area contributed by atoms with Gasteiger partial charge in [0.15, 0.2) is 9.84 Å². The Balaban J connectivity index is 2.87. The smallest absolute Gasteiger partial charge is 0.228 e. The van der Waals surface area contributed by atoms with Gasteiger partial charge in [-0.1, -0.05) is 13.8 Å². The highest BCUT2D eigenvalue weighted by Gasteiger charge is 2.36. The van der Waals surface area contributed by atoms with Crippen molar-refractivity contribution in [1.29, 1.82) is 0 Å². The first kappa shape index (κ1) is 16.8. The first-order chi connectivity index (χ1) is 8.77. The van der Waals surface area contributed by atoms with Crippen molar-refractivity contribution in [3.8, 4) is 0 Å². The van der Waals surface area contributed by atoms with Crippen molar-refractivity contribution in [2.24, 2.45) is 17.6 Å². The summed E-state index contributed by atoms with van der Waals surface area (Å²) in [7, 11) is -3.25. The second-order valence-corrected chi connectivity index (χ2v) is 8.81. The lowest BCUT2D eigenvalue weighted by Gasteiger charge is -2.36. The summed E-state index contributed by atoms with van der Waals surface area (Å²) < 4.78 is 23.6. The molecule has 0 saturated carbocycles. The molecule has 1 aliphatic heterocycles. The van der Waals surface area contributed by atoms with E-state index in [0.29, 0.717) is 24.6 Å². The zero-order chi connectivity index (χ0) is 14.6. The quantitative estimate of drug-likeness (QED) is 0.802. The Morgan fingerprint density at radius 2 is 2.11 bits per heavy atom. The molecule has 1 fully saturated rings. The molecule has 0 radical (unpaired) electrons. The minimum absolute atomic E-state index is 0.105. The zero-order valence-corrected chi connectivity index (χ0v) is 13.5. The van der Waals surface area contributed by atoms with Crippen LogP contribution in [0.2, 0.25) is 0 Å². The topological polar surface area (TPSA) is 80.5 Å². The molecule has 1 heterocycles. The summed E-state index contributed by atoms with van der Waals surface area (Å²) in [4.78, 5) is 14.0. The van der Waals surface area contributed by atoms with Gasteiger partial charge in [0.25, 0.3) is 0 Å². The molecule has 0 spiro atoms. The third kappa shape index (κ3) is 4.65. The first-order valence-electron chi connectivity index (χ1n) is 6.54. The Kier molecular flexibility index (Phi) is 6.14. The van der Waals surface area contributed by atoms with Gasteiger partial charge < -0.3 is 10.6 Å². The number of nitrogens with two attached hydrogens (primary N) is 1. The van der Waals surface area contributed by atoms with E-state index >= 15 is 0 Å². The molecule has 19 heavy (non-hydrogen) atoms. The number of hydrogen-bond acceptors (Lipinski definition) is 5. The van der Waals surface area contributed by atoms with Crippen LogP contribution in [0.4, 0.5) is 0 Å². The van der Waals surface area contributed by atoms with E-state index < -0.39 is 15.2 Å². The van der Waals surface area contributed by atoms with Gasteiger partial charge in [-0.15, -0.1) is 0 Å². The number of thioether (sulfide) groups is 1. The number of hydrogen-bond donors (Lipinski definition) is 1. The van der Waals surface area contributed by atoms with Gasteiger partial charge in [0.2, 0.25) is 5.91 Å². The molecule has 5 nitrogen and oxygen atoms in total. The van der Waals surface area contributed by atoms with Crippen molar-refractivity contribution in [2.45, 2.75) is 25.6 Å². The highest BCUT2D eigenvalue weighted by atomic mass is 32.2. The second kappa shape index (κ2) is 6.95. The normalized spacial score (nSPS) is 22.6. The van der Waals surface area contributed by atoms with Crippen molar-refractivity contribution in [2.75, 3.05) is 30.9 Å². The third-order valence-electron chi connectivity index (χ3n) is 3.25. The molecule has 1 aliphatic rings. The summed E-state index contributed by atoms with van der Waals surface area (Å²) in [6.07, 6.45) is 1.90. The maximum atomic E-state index is 12.5. The third-order valence-corrected chi connectivity index (χ3v) is 5.89. The molecule has 112 valence electrons. The summed E-state index contributed by atoms with van der Waals surface area (Å²) >= 11 is 1.58. The van der Waals surface area contributed by atoms with Crippen LogP contribution in [0.5, 0.6) is 0 Å². The maximum Gasteiger partial charge on any atom is 0.228 e. The summed E-state index contributed by atoms with van der Waals surface area (Å²) in [5.74, 6) is 1.24. The van der Waals surface area contributed by atoms with E-state index in [1.54, 1.807) is 11.8 Å². The molecule has 1 rings (SSSR count). The van der Waals surface area contributed by atoms with Gasteiger partial charge in [-0.05, 0) is 12.3 Å². The van der Waals surface area contributed by atoms with Crippen LogP contribution in [0.1, 0.15) is 20.3 Å². The minimum Gasteiger partial charge on any atom is -0.330 e. The molecule has 0 aliphatic carbocycles. The SMILES string of the molecule is CC(C)CC(CN)C(=O)N1CCSCC1S(C)(=O)=O. The van der Waals surface area contributed by atoms with E-state index in [-0.39, 0.29) is 18.4 Å². The fourth-order valence-corrected chi connectivity index (χ4v) is 5.11. The predicted octanol–water partition coefficient (Wildman–Crippen LogP) is 0.554. The Bertz CT molecular complexity index is 409. The Morgan fingerprint density at radius 1 is 1.47 bits per heavy atom. The molecule has 0 bridgehead atoms. The fourth-order valence-electron chi connectivity index (χ4n) is 2.29. The number of amides is 1. The van der Waals surface area contributed by atoms with Crippen molar-refractivity contribution < 1.29 is 13.2 Å². The molecule has 0 aromatic rings. The zero-order valence-electron chi connectivity index (χ0n) is 11.8. The van der Waals surface area contributed by atoms with Gasteiger partial charge in [-0.3, -0.25) is 4.79 Å². The maximum absolute atomic E-state index is 12.5. The lowest BCUT2D eigenvalue weighted by Crippen LogP contribution is -2.52. The Labute approximate surface area is 120 Å². The molecule has 1 saturated heterocycles. The molecule has 1 amide bonds. The molecular weight excluding hydrogens is 284 g/mol. The second-order valence-electron chi connectivity index (χ2n) is 5.45. The van der Waals surface area contributed by atoms with Crippen LogP contribution in [0, 0.1) is 11.8 Å². The number of rotatable bonds is 5. The molecule has 2 unspecified atom stereocenters. The van der Waals surface area contributed by atoms with Crippen LogP contribution in [0.15, 0.2) is 0 Å². The van der Waals surface area contributed by atoms with Gasteiger partial charge in [-0.25, -0.2) is 8.42 Å². The lowest BCUT2D eigenvalue weighted by atomic mass is 9.96. The summed E-state index contributed by atoms with van der Waals surface area (Å²) in [5, 5.41) is -0.694. The minimum atomic E-state index is -3.25. The molecule has 7 heteroatoms. The number of nitrogens with zero attached hydrogens (tertiary/aromatic N) is 1. The van der Waals surface area contributed by atoms with Crippen molar-refractivity contribution in [1.82, 2.24) is 4.90 Å². The van der Waals surface area contributed by atoms with Gasteiger partial charge in [0, 0.05) is 30.9 Å². The standard InChI is InChI=1S/C12H24N2O3S2/c1-9(2)6-10(7-13)12(15)14-4-5-18-8-11(14)19(3,16)17/h9-11H,4-8,13H2,1-3H3. The highest BCUT2D eigenvalue weighted by molar-refractivity contribution is 8.00. The Morgan fingerprint density at radius 3 is 2.58 bits per heavy atom. The summed E-state index contributed by atoms with van der Waals surface area (Å²) in [6, 6.07) is 0. The van der Waals surface area contributed by atoms with Crippen molar-refractivity contribution >= 4 is 27.5 Å². The van der Waals surface area contributed by atoms with E-state index in [9.17, 15) is 13.2 Å². The van der Waals surface area contributed by atoms with Crippen molar-refractivity contribution in [3.63, 3.8) is 0 Å². The summed E-state index contributed by atoms with van der Waals surface area (Å²) in [6.45, 7) is 4.85. The van der Waals surface area contributed by atoms with Crippen LogP contribution in [-0.2, 0) is 14.6 Å². The molecule has 0 aromatic carbocycles. The number of sulfone groups is 1.